The van der Waals surface area contributed by atoms with Crippen LogP contribution in [0.5, 0.6) is 5.75 Å². The van der Waals surface area contributed by atoms with Gasteiger partial charge in [0.2, 0.25) is 5.91 Å². The lowest BCUT2D eigenvalue weighted by atomic mass is 10.0. The maximum atomic E-state index is 14.9. The van der Waals surface area contributed by atoms with Crippen molar-refractivity contribution in [3.63, 3.8) is 0 Å². The highest BCUT2D eigenvalue weighted by Gasteiger charge is 2.31. The lowest BCUT2D eigenvalue weighted by Gasteiger charge is -2.36. The van der Waals surface area contributed by atoms with Gasteiger partial charge in [0.05, 0.1) is 43.4 Å². The highest BCUT2D eigenvalue weighted by atomic mass is 35.5. The number of pyridine rings is 3. The molecule has 1 fully saturated rings. The molecule has 1 N–H and O–H groups in total. The Bertz CT molecular complexity index is 1990. The first kappa shape index (κ1) is 32.5. The van der Waals surface area contributed by atoms with Gasteiger partial charge in [-0.15, -0.1) is 0 Å². The number of aromatic nitrogens is 3. The van der Waals surface area contributed by atoms with Crippen molar-refractivity contribution >= 4 is 69.0 Å². The van der Waals surface area contributed by atoms with Crippen LogP contribution in [0.1, 0.15) is 36.6 Å². The average molecular weight is 690 g/mol. The Hall–Kier alpha value is -3.88. The number of piperazine rings is 1. The normalized spacial score (nSPS) is 13.4. The summed E-state index contributed by atoms with van der Waals surface area (Å²) in [6.07, 6.45) is 2.85. The molecular formula is C31H25Cl4FN6O3. The third kappa shape index (κ3) is 5.38. The van der Waals surface area contributed by atoms with Gasteiger partial charge in [-0.25, -0.2) is 9.37 Å². The van der Waals surface area contributed by atoms with E-state index in [-0.39, 0.29) is 55.0 Å². The fourth-order valence-corrected chi connectivity index (χ4v) is 6.41. The number of hydrogen-bond acceptors (Lipinski definition) is 7. The van der Waals surface area contributed by atoms with Gasteiger partial charge in [-0.05, 0) is 36.6 Å². The van der Waals surface area contributed by atoms with E-state index in [9.17, 15) is 24.3 Å². The summed E-state index contributed by atoms with van der Waals surface area (Å²) in [6, 6.07) is 5.28. The van der Waals surface area contributed by atoms with E-state index in [1.807, 2.05) is 18.7 Å². The van der Waals surface area contributed by atoms with E-state index in [1.165, 1.54) is 16.7 Å². The SMILES string of the molecule is C=CC(=O)N1CCN(c2c(C#N)c(=O)n(-c3c(C)ccnc3C(C)C)c3nc(-c4c(O)c(F)c(Cl)c(Cl)c4Cl)c(Cl)cc23)CC1. The molecule has 4 aromatic rings. The quantitative estimate of drug-likeness (QED) is 0.136. The van der Waals surface area contributed by atoms with Gasteiger partial charge in [0.1, 0.15) is 22.3 Å². The Kier molecular flexibility index (Phi) is 9.02. The molecule has 232 valence electrons. The molecular weight excluding hydrogens is 665 g/mol. The van der Waals surface area contributed by atoms with Crippen LogP contribution in [0.2, 0.25) is 20.1 Å². The van der Waals surface area contributed by atoms with Crippen molar-refractivity contribution in [1.29, 1.82) is 5.26 Å². The number of amides is 1. The van der Waals surface area contributed by atoms with E-state index in [1.54, 1.807) is 24.1 Å². The van der Waals surface area contributed by atoms with Crippen LogP contribution >= 0.6 is 46.4 Å². The number of nitriles is 1. The molecule has 0 spiro atoms. The first-order chi connectivity index (χ1) is 21.3. The fraction of sp³-hybridized carbons (Fsp3) is 0.258. The van der Waals surface area contributed by atoms with Crippen molar-refractivity contribution in [2.24, 2.45) is 0 Å². The Morgan fingerprint density at radius 3 is 2.40 bits per heavy atom. The fourth-order valence-electron chi connectivity index (χ4n) is 5.48. The molecule has 0 bridgehead atoms. The lowest BCUT2D eigenvalue weighted by molar-refractivity contribution is -0.126. The van der Waals surface area contributed by atoms with Crippen LogP contribution in [0.3, 0.4) is 0 Å². The summed E-state index contributed by atoms with van der Waals surface area (Å²) < 4.78 is 16.2. The lowest BCUT2D eigenvalue weighted by Crippen LogP contribution is -2.49. The standard InChI is InChI=1S/C31H25Cl4FN6O3/c1-5-19(43)40-8-10-41(11-9-40)28-16-12-18(32)26(20-21(33)22(34)23(35)24(36)29(20)44)39-30(16)42(31(45)17(28)13-37)27-15(4)6-7-38-25(27)14(2)3/h5-7,12,14,44H,1,8-11H2,2-4H3. The van der Waals surface area contributed by atoms with Gasteiger partial charge in [0, 0.05) is 37.8 Å². The smallest absolute Gasteiger partial charge is 0.276 e. The minimum Gasteiger partial charge on any atom is -0.504 e. The van der Waals surface area contributed by atoms with E-state index in [4.69, 9.17) is 51.4 Å². The molecule has 0 aliphatic carbocycles. The zero-order valence-corrected chi connectivity index (χ0v) is 27.3. The van der Waals surface area contributed by atoms with Crippen LogP contribution in [0.25, 0.3) is 28.0 Å². The first-order valence-corrected chi connectivity index (χ1v) is 15.2. The van der Waals surface area contributed by atoms with Crippen LogP contribution in [0.15, 0.2) is 35.8 Å². The Morgan fingerprint density at radius 2 is 1.80 bits per heavy atom. The number of anilines is 1. The number of halogens is 5. The van der Waals surface area contributed by atoms with Gasteiger partial charge >= 0.3 is 0 Å². The number of phenols is 1. The minimum atomic E-state index is -1.23. The van der Waals surface area contributed by atoms with Crippen molar-refractivity contribution in [2.75, 3.05) is 31.1 Å². The van der Waals surface area contributed by atoms with Gasteiger partial charge < -0.3 is 14.9 Å². The third-order valence-corrected chi connectivity index (χ3v) is 9.27. The number of nitrogens with zero attached hydrogens (tertiary/aromatic N) is 6. The summed E-state index contributed by atoms with van der Waals surface area (Å²) in [7, 11) is 0. The first-order valence-electron chi connectivity index (χ1n) is 13.7. The van der Waals surface area contributed by atoms with Gasteiger partial charge in [-0.2, -0.15) is 5.26 Å². The summed E-state index contributed by atoms with van der Waals surface area (Å²) >= 11 is 25.3. The van der Waals surface area contributed by atoms with Crippen molar-refractivity contribution in [2.45, 2.75) is 26.7 Å². The molecule has 0 saturated carbocycles. The maximum Gasteiger partial charge on any atom is 0.276 e. The average Bonchev–Trinajstić information content (AvgIpc) is 3.02. The second kappa shape index (κ2) is 12.5. The molecule has 5 rings (SSSR count). The molecule has 0 radical (unpaired) electrons. The van der Waals surface area contributed by atoms with Crippen LogP contribution in [-0.4, -0.2) is 56.6 Å². The summed E-state index contributed by atoms with van der Waals surface area (Å²) in [5, 5.41) is 20.2. The van der Waals surface area contributed by atoms with Crippen molar-refractivity contribution in [1.82, 2.24) is 19.4 Å². The van der Waals surface area contributed by atoms with E-state index < -0.39 is 22.1 Å². The number of hydrogen-bond donors (Lipinski definition) is 1. The molecule has 1 aromatic carbocycles. The number of carbonyl (C=O) groups excluding carboxylic acids is 1. The van der Waals surface area contributed by atoms with Crippen LogP contribution in [0, 0.1) is 24.1 Å². The van der Waals surface area contributed by atoms with Gasteiger partial charge in [0.25, 0.3) is 5.56 Å². The number of benzene rings is 1. The van der Waals surface area contributed by atoms with E-state index >= 15 is 0 Å². The molecule has 1 aliphatic heterocycles. The van der Waals surface area contributed by atoms with E-state index in [2.05, 4.69) is 17.6 Å². The Morgan fingerprint density at radius 1 is 1.13 bits per heavy atom. The Balaban J connectivity index is 1.93. The molecule has 4 heterocycles. The predicted molar refractivity (Wildman–Crippen MR) is 175 cm³/mol. The van der Waals surface area contributed by atoms with Gasteiger partial charge in [-0.3, -0.25) is 19.1 Å². The molecule has 0 atom stereocenters. The minimum absolute atomic E-state index is 0.0398. The largest absolute Gasteiger partial charge is 0.504 e. The topological polar surface area (TPSA) is 115 Å². The predicted octanol–water partition coefficient (Wildman–Crippen LogP) is 7.04. The van der Waals surface area contributed by atoms with E-state index in [0.717, 1.165) is 0 Å². The van der Waals surface area contributed by atoms with E-state index in [0.29, 0.717) is 48.5 Å². The van der Waals surface area contributed by atoms with Crippen molar-refractivity contribution < 1.29 is 14.3 Å². The second-order valence-corrected chi connectivity index (χ2v) is 12.2. The molecule has 9 nitrogen and oxygen atoms in total. The van der Waals surface area contributed by atoms with Crippen LogP contribution in [0.4, 0.5) is 10.1 Å². The summed E-state index contributed by atoms with van der Waals surface area (Å²) in [6.45, 7) is 10.4. The third-order valence-electron chi connectivity index (χ3n) is 7.67. The zero-order valence-electron chi connectivity index (χ0n) is 24.3. The molecule has 1 saturated heterocycles. The number of fused-ring (bicyclic) bond motifs is 1. The molecule has 1 aliphatic rings. The molecule has 45 heavy (non-hydrogen) atoms. The highest BCUT2D eigenvalue weighted by molar-refractivity contribution is 6.49. The van der Waals surface area contributed by atoms with Crippen LogP contribution in [-0.2, 0) is 4.79 Å². The summed E-state index contributed by atoms with van der Waals surface area (Å²) in [5.41, 5.74) is 0.585. The van der Waals surface area contributed by atoms with Crippen molar-refractivity contribution in [3.05, 3.63) is 84.1 Å². The number of phenolic OH excluding ortho intramolecular Hbond substituents is 1. The monoisotopic (exact) mass is 688 g/mol. The maximum absolute atomic E-state index is 14.9. The number of rotatable bonds is 5. The summed E-state index contributed by atoms with van der Waals surface area (Å²) in [4.78, 5) is 39.3. The van der Waals surface area contributed by atoms with Gasteiger partial charge in [0.15, 0.2) is 11.6 Å². The van der Waals surface area contributed by atoms with Gasteiger partial charge in [-0.1, -0.05) is 66.8 Å². The molecule has 14 heteroatoms. The van der Waals surface area contributed by atoms with Crippen molar-refractivity contribution in [3.8, 4) is 28.8 Å². The molecule has 0 unspecified atom stereocenters. The Labute approximate surface area is 277 Å². The number of carbonyl (C=O) groups is 1. The van der Waals surface area contributed by atoms with Crippen LogP contribution < -0.4 is 10.5 Å². The zero-order chi connectivity index (χ0) is 32.9. The molecule has 1 amide bonds. The number of aryl methyl sites for hydroxylation is 1. The highest BCUT2D eigenvalue weighted by Crippen LogP contribution is 2.48. The summed E-state index contributed by atoms with van der Waals surface area (Å²) in [5.74, 6) is -2.54. The second-order valence-electron chi connectivity index (χ2n) is 10.7. The molecule has 3 aromatic heterocycles. The number of aromatic hydroxyl groups is 1.